The summed E-state index contributed by atoms with van der Waals surface area (Å²) < 4.78 is 5.46. The first-order valence-corrected chi connectivity index (χ1v) is 6.63. The summed E-state index contributed by atoms with van der Waals surface area (Å²) in [7, 11) is 0. The molecule has 1 aromatic carbocycles. The van der Waals surface area contributed by atoms with Crippen LogP contribution in [0.2, 0.25) is 0 Å². The van der Waals surface area contributed by atoms with Crippen molar-refractivity contribution in [2.75, 3.05) is 6.61 Å². The van der Waals surface area contributed by atoms with Crippen molar-refractivity contribution in [3.05, 3.63) is 28.8 Å². The first-order valence-electron chi connectivity index (χ1n) is 6.63. The second-order valence-electron chi connectivity index (χ2n) is 5.14. The summed E-state index contributed by atoms with van der Waals surface area (Å²) in [4.78, 5) is 22.6. The van der Waals surface area contributed by atoms with E-state index >= 15 is 0 Å². The lowest BCUT2D eigenvalue weighted by molar-refractivity contribution is -0.145. The van der Waals surface area contributed by atoms with Crippen molar-refractivity contribution in [2.24, 2.45) is 0 Å². The Labute approximate surface area is 123 Å². The zero-order chi connectivity index (χ0) is 16.2. The number of carboxylic acid groups (broad SMARTS) is 1. The van der Waals surface area contributed by atoms with Crippen LogP contribution in [-0.2, 0) is 9.59 Å². The van der Waals surface area contributed by atoms with Crippen molar-refractivity contribution in [1.82, 2.24) is 5.32 Å². The Balaban J connectivity index is 2.67. The molecule has 2 atom stereocenters. The predicted molar refractivity (Wildman–Crippen MR) is 77.4 cm³/mol. The molecule has 0 radical (unpaired) electrons. The zero-order valence-corrected chi connectivity index (χ0v) is 12.6. The standard InChI is InChI=1S/C15H21NO5/c1-8-5-9(2)14(10(3)6-8)21-7-12(18)16-13(11(4)17)15(19)20/h5-6,11,13,17H,7H2,1-4H3,(H,16,18)(H,19,20)/t11-,13+/m1/s1. The molecule has 0 aliphatic heterocycles. The highest BCUT2D eigenvalue weighted by Gasteiger charge is 2.25. The molecule has 0 aliphatic carbocycles. The quantitative estimate of drug-likeness (QED) is 0.726. The number of hydrogen-bond donors (Lipinski definition) is 3. The molecular weight excluding hydrogens is 274 g/mol. The number of rotatable bonds is 6. The molecule has 3 N–H and O–H groups in total. The molecule has 0 unspecified atom stereocenters. The minimum Gasteiger partial charge on any atom is -0.483 e. The zero-order valence-electron chi connectivity index (χ0n) is 12.6. The molecule has 0 bridgehead atoms. The molecule has 0 saturated carbocycles. The molecular formula is C15H21NO5. The summed E-state index contributed by atoms with van der Waals surface area (Å²) in [5.74, 6) is -1.27. The average Bonchev–Trinajstić information content (AvgIpc) is 2.33. The monoisotopic (exact) mass is 295 g/mol. The fourth-order valence-corrected chi connectivity index (χ4v) is 2.14. The SMILES string of the molecule is Cc1cc(C)c(OCC(=O)N[C@H](C(=O)O)[C@@H](C)O)c(C)c1. The van der Waals surface area contributed by atoms with Gasteiger partial charge in [0, 0.05) is 0 Å². The van der Waals surface area contributed by atoms with Crippen LogP contribution in [-0.4, -0.2) is 40.8 Å². The molecule has 116 valence electrons. The summed E-state index contributed by atoms with van der Waals surface area (Å²) in [5, 5.41) is 20.4. The third kappa shape index (κ3) is 4.75. The third-order valence-electron chi connectivity index (χ3n) is 3.02. The Bertz CT molecular complexity index is 516. The molecule has 6 nitrogen and oxygen atoms in total. The molecule has 0 saturated heterocycles. The Morgan fingerprint density at radius 3 is 2.19 bits per heavy atom. The van der Waals surface area contributed by atoms with Crippen LogP contribution in [0.4, 0.5) is 0 Å². The average molecular weight is 295 g/mol. The van der Waals surface area contributed by atoms with E-state index in [1.54, 1.807) is 0 Å². The van der Waals surface area contributed by atoms with Crippen LogP contribution in [0.3, 0.4) is 0 Å². The van der Waals surface area contributed by atoms with Crippen molar-refractivity contribution in [1.29, 1.82) is 0 Å². The van der Waals surface area contributed by atoms with Crippen LogP contribution < -0.4 is 10.1 Å². The van der Waals surface area contributed by atoms with Gasteiger partial charge in [-0.15, -0.1) is 0 Å². The number of carboxylic acids is 1. The lowest BCUT2D eigenvalue weighted by Gasteiger charge is -2.18. The van der Waals surface area contributed by atoms with Gasteiger partial charge in [0.05, 0.1) is 6.10 Å². The topological polar surface area (TPSA) is 95.9 Å². The van der Waals surface area contributed by atoms with Gasteiger partial charge in [0.15, 0.2) is 12.6 Å². The Morgan fingerprint density at radius 2 is 1.76 bits per heavy atom. The largest absolute Gasteiger partial charge is 0.483 e. The predicted octanol–water partition coefficient (Wildman–Crippen LogP) is 0.941. The van der Waals surface area contributed by atoms with Gasteiger partial charge in [-0.1, -0.05) is 17.7 Å². The van der Waals surface area contributed by atoms with Crippen molar-refractivity contribution in [3.8, 4) is 5.75 Å². The maximum atomic E-state index is 11.7. The number of benzene rings is 1. The van der Waals surface area contributed by atoms with E-state index in [2.05, 4.69) is 5.32 Å². The smallest absolute Gasteiger partial charge is 0.328 e. The molecule has 1 rings (SSSR count). The number of aliphatic hydroxyl groups is 1. The maximum absolute atomic E-state index is 11.7. The van der Waals surface area contributed by atoms with Crippen molar-refractivity contribution >= 4 is 11.9 Å². The van der Waals surface area contributed by atoms with Gasteiger partial charge in [-0.2, -0.15) is 0 Å². The fourth-order valence-electron chi connectivity index (χ4n) is 2.14. The second kappa shape index (κ2) is 7.08. The van der Waals surface area contributed by atoms with E-state index in [1.807, 2.05) is 32.9 Å². The number of carbonyl (C=O) groups excluding carboxylic acids is 1. The van der Waals surface area contributed by atoms with Crippen molar-refractivity contribution in [2.45, 2.75) is 39.8 Å². The second-order valence-corrected chi connectivity index (χ2v) is 5.14. The number of ether oxygens (including phenoxy) is 1. The summed E-state index contributed by atoms with van der Waals surface area (Å²) in [6.45, 7) is 6.72. The van der Waals surface area contributed by atoms with E-state index in [4.69, 9.17) is 9.84 Å². The van der Waals surface area contributed by atoms with E-state index in [0.717, 1.165) is 16.7 Å². The van der Waals surface area contributed by atoms with Crippen LogP contribution in [0.1, 0.15) is 23.6 Å². The first kappa shape index (κ1) is 17.0. The van der Waals surface area contributed by atoms with Crippen LogP contribution in [0.5, 0.6) is 5.75 Å². The number of aliphatic hydroxyl groups excluding tert-OH is 1. The van der Waals surface area contributed by atoms with Gasteiger partial charge in [0.2, 0.25) is 0 Å². The van der Waals surface area contributed by atoms with E-state index in [9.17, 15) is 14.7 Å². The summed E-state index contributed by atoms with van der Waals surface area (Å²) in [5.41, 5.74) is 2.91. The summed E-state index contributed by atoms with van der Waals surface area (Å²) in [6.07, 6.45) is -1.19. The van der Waals surface area contributed by atoms with Gasteiger partial charge in [0.25, 0.3) is 5.91 Å². The first-order chi connectivity index (χ1) is 9.72. The highest BCUT2D eigenvalue weighted by molar-refractivity contribution is 5.84. The molecule has 0 spiro atoms. The highest BCUT2D eigenvalue weighted by atomic mass is 16.5. The minimum atomic E-state index is -1.35. The highest BCUT2D eigenvalue weighted by Crippen LogP contribution is 2.24. The maximum Gasteiger partial charge on any atom is 0.328 e. The number of aryl methyl sites for hydroxylation is 3. The lowest BCUT2D eigenvalue weighted by Crippen LogP contribution is -2.49. The van der Waals surface area contributed by atoms with E-state index < -0.39 is 24.0 Å². The van der Waals surface area contributed by atoms with Crippen molar-refractivity contribution < 1.29 is 24.5 Å². The van der Waals surface area contributed by atoms with E-state index in [0.29, 0.717) is 5.75 Å². The number of carbonyl (C=O) groups is 2. The molecule has 0 fully saturated rings. The number of hydrogen-bond acceptors (Lipinski definition) is 4. The normalized spacial score (nSPS) is 13.4. The Hall–Kier alpha value is -2.08. The van der Waals surface area contributed by atoms with Gasteiger partial charge in [0.1, 0.15) is 5.75 Å². The molecule has 1 amide bonds. The fraction of sp³-hybridized carbons (Fsp3) is 0.467. The summed E-state index contributed by atoms with van der Waals surface area (Å²) >= 11 is 0. The molecule has 0 heterocycles. The van der Waals surface area contributed by atoms with E-state index in [-0.39, 0.29) is 6.61 Å². The van der Waals surface area contributed by atoms with Crippen molar-refractivity contribution in [3.63, 3.8) is 0 Å². The molecule has 0 aliphatic rings. The molecule has 21 heavy (non-hydrogen) atoms. The molecule has 6 heteroatoms. The van der Waals surface area contributed by atoms with Crippen LogP contribution in [0.15, 0.2) is 12.1 Å². The van der Waals surface area contributed by atoms with Crippen LogP contribution in [0.25, 0.3) is 0 Å². The van der Waals surface area contributed by atoms with E-state index in [1.165, 1.54) is 6.92 Å². The van der Waals surface area contributed by atoms with Gasteiger partial charge in [-0.3, -0.25) is 4.79 Å². The van der Waals surface area contributed by atoms with Gasteiger partial charge in [-0.25, -0.2) is 4.79 Å². The molecule has 1 aromatic rings. The van der Waals surface area contributed by atoms with Crippen LogP contribution >= 0.6 is 0 Å². The Kier molecular flexibility index (Phi) is 5.72. The lowest BCUT2D eigenvalue weighted by atomic mass is 10.1. The van der Waals surface area contributed by atoms with Gasteiger partial charge in [-0.05, 0) is 38.8 Å². The van der Waals surface area contributed by atoms with Gasteiger partial charge < -0.3 is 20.3 Å². The third-order valence-corrected chi connectivity index (χ3v) is 3.02. The number of amides is 1. The van der Waals surface area contributed by atoms with Crippen LogP contribution in [0, 0.1) is 20.8 Å². The number of nitrogens with one attached hydrogen (secondary N) is 1. The Morgan fingerprint density at radius 1 is 1.24 bits per heavy atom. The number of aliphatic carboxylic acids is 1. The molecule has 0 aromatic heterocycles. The minimum absolute atomic E-state index is 0.304. The van der Waals surface area contributed by atoms with Gasteiger partial charge >= 0.3 is 5.97 Å². The summed E-state index contributed by atoms with van der Waals surface area (Å²) in [6, 6.07) is 2.54.